The first-order valence-electron chi connectivity index (χ1n) is 12.1. The molecule has 1 saturated carbocycles. The van der Waals surface area contributed by atoms with Gasteiger partial charge in [-0.3, -0.25) is 14.5 Å². The fourth-order valence-corrected chi connectivity index (χ4v) is 4.23. The molecule has 0 bridgehead atoms. The molecule has 1 aliphatic carbocycles. The summed E-state index contributed by atoms with van der Waals surface area (Å²) in [6.45, 7) is -2.25. The van der Waals surface area contributed by atoms with Gasteiger partial charge < -0.3 is 9.64 Å². The van der Waals surface area contributed by atoms with Crippen LogP contribution >= 0.6 is 0 Å². The third kappa shape index (κ3) is 3.59. The summed E-state index contributed by atoms with van der Waals surface area (Å²) >= 11 is 0. The summed E-state index contributed by atoms with van der Waals surface area (Å²) in [7, 11) is 1.77. The third-order valence-corrected chi connectivity index (χ3v) is 6.22. The Balaban J connectivity index is 1.35. The van der Waals surface area contributed by atoms with Crippen LogP contribution in [0.1, 0.15) is 37.2 Å². The molecule has 6 rings (SSSR count). The number of nitrogens with zero attached hydrogens (tertiary/aromatic N) is 4. The normalized spacial score (nSPS) is 17.6. The van der Waals surface area contributed by atoms with Crippen LogP contribution in [0, 0.1) is 17.6 Å². The van der Waals surface area contributed by atoms with E-state index in [-0.39, 0.29) is 11.3 Å². The van der Waals surface area contributed by atoms with Gasteiger partial charge in [0.25, 0.3) is 5.91 Å². The number of carbonyl (C=O) groups excluding carboxylic acids is 1. The predicted molar refractivity (Wildman–Crippen MR) is 122 cm³/mol. The predicted octanol–water partition coefficient (Wildman–Crippen LogP) is 4.86. The second kappa shape index (κ2) is 7.90. The number of carbonyl (C=O) groups is 1. The van der Waals surface area contributed by atoms with Crippen LogP contribution in [-0.4, -0.2) is 32.2 Å². The third-order valence-electron chi connectivity index (χ3n) is 6.22. The number of hydrogen-bond donors (Lipinski definition) is 0. The molecule has 4 aromatic rings. The zero-order valence-corrected chi connectivity index (χ0v) is 18.4. The van der Waals surface area contributed by atoms with E-state index in [1.54, 1.807) is 30.1 Å². The summed E-state index contributed by atoms with van der Waals surface area (Å²) < 4.78 is 54.9. The highest BCUT2D eigenvalue weighted by molar-refractivity contribution is 5.98. The number of fused-ring (bicyclic) bond motifs is 2. The van der Waals surface area contributed by atoms with Crippen molar-refractivity contribution in [2.45, 2.75) is 25.9 Å². The standard InChI is InChI=1S/C26H22F2N4O2/c1-31-11-19-17(6-7-24(25(19)30-31)34-14-15-4-5-15)16-9-21(27)20(22(28)10-16)12-32-13-23-18(26(32)33)3-2-8-29-23/h2-3,6-11,15H,4-5,12-14H2,1H3/i13D2. The largest absolute Gasteiger partial charge is 0.491 e. The first-order valence-corrected chi connectivity index (χ1v) is 11.1. The molecule has 2 aromatic heterocycles. The van der Waals surface area contributed by atoms with Crippen LogP contribution < -0.4 is 4.74 Å². The topological polar surface area (TPSA) is 60.3 Å². The van der Waals surface area contributed by atoms with Crippen molar-refractivity contribution in [1.82, 2.24) is 19.7 Å². The lowest BCUT2D eigenvalue weighted by atomic mass is 9.99. The molecular weight excluding hydrogens is 438 g/mol. The number of aryl methyl sites for hydroxylation is 1. The van der Waals surface area contributed by atoms with Gasteiger partial charge in [0.2, 0.25) is 0 Å². The number of ether oxygens (including phenoxy) is 1. The number of rotatable bonds is 6. The highest BCUT2D eigenvalue weighted by Gasteiger charge is 2.30. The van der Waals surface area contributed by atoms with Gasteiger partial charge in [0.15, 0.2) is 0 Å². The van der Waals surface area contributed by atoms with E-state index in [9.17, 15) is 4.79 Å². The summed E-state index contributed by atoms with van der Waals surface area (Å²) in [5.41, 5.74) is 1.14. The van der Waals surface area contributed by atoms with Crippen molar-refractivity contribution in [2.24, 2.45) is 13.0 Å². The van der Waals surface area contributed by atoms with Gasteiger partial charge in [0.1, 0.15) is 22.9 Å². The van der Waals surface area contributed by atoms with Crippen molar-refractivity contribution >= 4 is 16.8 Å². The highest BCUT2D eigenvalue weighted by Crippen LogP contribution is 2.37. The zero-order valence-electron chi connectivity index (χ0n) is 20.4. The Hall–Kier alpha value is -3.81. The molecule has 0 saturated heterocycles. The zero-order chi connectivity index (χ0) is 25.2. The molecular formula is C26H22F2N4O2. The number of benzene rings is 2. The molecule has 1 aliphatic heterocycles. The van der Waals surface area contributed by atoms with E-state index in [0.717, 1.165) is 17.7 Å². The molecule has 8 heteroatoms. The Labute approximate surface area is 197 Å². The van der Waals surface area contributed by atoms with Crippen molar-refractivity contribution in [3.8, 4) is 16.9 Å². The number of halogens is 2. The lowest BCUT2D eigenvalue weighted by Crippen LogP contribution is -2.24. The molecule has 6 nitrogen and oxygen atoms in total. The smallest absolute Gasteiger partial charge is 0.256 e. The fourth-order valence-electron chi connectivity index (χ4n) is 4.23. The Morgan fingerprint density at radius 1 is 1.18 bits per heavy atom. The Morgan fingerprint density at radius 3 is 2.71 bits per heavy atom. The van der Waals surface area contributed by atoms with Crippen LogP contribution in [0.2, 0.25) is 0 Å². The number of pyridine rings is 1. The van der Waals surface area contributed by atoms with Crippen molar-refractivity contribution < 1.29 is 21.1 Å². The maximum Gasteiger partial charge on any atom is 0.256 e. The number of aromatic nitrogens is 3. The van der Waals surface area contributed by atoms with Crippen LogP contribution in [0.5, 0.6) is 5.75 Å². The minimum absolute atomic E-state index is 0.0598. The van der Waals surface area contributed by atoms with Crippen molar-refractivity contribution in [2.75, 3.05) is 6.61 Å². The minimum Gasteiger partial charge on any atom is -0.491 e. The van der Waals surface area contributed by atoms with Crippen LogP contribution in [0.25, 0.3) is 22.0 Å². The summed E-state index contributed by atoms with van der Waals surface area (Å²) in [6, 6.07) is 8.89. The van der Waals surface area contributed by atoms with Crippen molar-refractivity contribution in [1.29, 1.82) is 0 Å². The van der Waals surface area contributed by atoms with Gasteiger partial charge in [-0.2, -0.15) is 5.10 Å². The SMILES string of the molecule is [2H]C1([2H])c2ncccc2C(=O)N1Cc1c(F)cc(-c2ccc(OCC3CC3)c3nn(C)cc23)cc1F. The summed E-state index contributed by atoms with van der Waals surface area (Å²) in [6.07, 6.45) is 5.47. The molecule has 0 N–H and O–H groups in total. The second-order valence-electron chi connectivity index (χ2n) is 8.75. The van der Waals surface area contributed by atoms with E-state index in [0.29, 0.717) is 40.3 Å². The molecule has 172 valence electrons. The number of amides is 1. The average molecular weight is 462 g/mol. The van der Waals surface area contributed by atoms with Gasteiger partial charge in [0.05, 0.1) is 33.6 Å². The first kappa shape index (κ1) is 18.6. The molecule has 2 aliphatic rings. The quantitative estimate of drug-likeness (QED) is 0.411. The minimum atomic E-state index is -2.29. The molecule has 0 spiro atoms. The van der Waals surface area contributed by atoms with Crippen LogP contribution in [0.4, 0.5) is 8.78 Å². The van der Waals surface area contributed by atoms with E-state index in [1.807, 2.05) is 0 Å². The molecule has 0 atom stereocenters. The monoisotopic (exact) mass is 462 g/mol. The lowest BCUT2D eigenvalue weighted by Gasteiger charge is -2.17. The summed E-state index contributed by atoms with van der Waals surface area (Å²) in [4.78, 5) is 17.6. The molecule has 3 heterocycles. The van der Waals surface area contributed by atoms with Crippen LogP contribution in [0.15, 0.2) is 48.8 Å². The van der Waals surface area contributed by atoms with Crippen molar-refractivity contribution in [3.05, 3.63) is 77.2 Å². The maximum absolute atomic E-state index is 15.3. The molecule has 0 radical (unpaired) electrons. The average Bonchev–Trinajstić information content (AvgIpc) is 3.55. The fraction of sp³-hybridized carbons (Fsp3) is 0.269. The maximum atomic E-state index is 15.3. The van der Waals surface area contributed by atoms with E-state index in [4.69, 9.17) is 7.48 Å². The van der Waals surface area contributed by atoms with E-state index < -0.39 is 36.1 Å². The Kier molecular flexibility index (Phi) is 4.32. The van der Waals surface area contributed by atoms with Gasteiger partial charge in [-0.25, -0.2) is 8.78 Å². The van der Waals surface area contributed by atoms with Gasteiger partial charge in [0, 0.05) is 30.4 Å². The first-order chi connectivity index (χ1) is 17.2. The molecule has 1 amide bonds. The van der Waals surface area contributed by atoms with Gasteiger partial charge >= 0.3 is 0 Å². The van der Waals surface area contributed by atoms with Crippen LogP contribution in [0.3, 0.4) is 0 Å². The van der Waals surface area contributed by atoms with E-state index in [1.165, 1.54) is 30.5 Å². The van der Waals surface area contributed by atoms with E-state index in [2.05, 4.69) is 10.1 Å². The Morgan fingerprint density at radius 2 is 1.97 bits per heavy atom. The van der Waals surface area contributed by atoms with Gasteiger partial charge in [-0.05, 0) is 66.3 Å². The van der Waals surface area contributed by atoms with Crippen molar-refractivity contribution in [3.63, 3.8) is 0 Å². The van der Waals surface area contributed by atoms with Gasteiger partial charge in [-0.1, -0.05) is 0 Å². The summed E-state index contributed by atoms with van der Waals surface area (Å²) in [5, 5.41) is 5.18. The summed E-state index contributed by atoms with van der Waals surface area (Å²) in [5.74, 6) is -1.21. The molecule has 2 aromatic carbocycles. The molecule has 0 unspecified atom stereocenters. The Bertz CT molecular complexity index is 1510. The lowest BCUT2D eigenvalue weighted by molar-refractivity contribution is 0.0763. The molecule has 1 fully saturated rings. The van der Waals surface area contributed by atoms with Crippen LogP contribution in [-0.2, 0) is 20.1 Å². The second-order valence-corrected chi connectivity index (χ2v) is 8.75. The number of hydrogen-bond acceptors (Lipinski definition) is 4. The van der Waals surface area contributed by atoms with E-state index >= 15 is 8.78 Å². The molecule has 34 heavy (non-hydrogen) atoms. The van der Waals surface area contributed by atoms with Gasteiger partial charge in [-0.15, -0.1) is 0 Å². The highest BCUT2D eigenvalue weighted by atomic mass is 19.1.